The van der Waals surface area contributed by atoms with Gasteiger partial charge in [0.05, 0.1) is 12.3 Å². The highest BCUT2D eigenvalue weighted by Crippen LogP contribution is 2.58. The van der Waals surface area contributed by atoms with Gasteiger partial charge in [0.1, 0.15) is 11.3 Å². The molecule has 0 radical (unpaired) electrons. The normalized spacial score (nSPS) is 21.0. The van der Waals surface area contributed by atoms with Gasteiger partial charge in [0.25, 0.3) is 0 Å². The van der Waals surface area contributed by atoms with Gasteiger partial charge in [-0.15, -0.1) is 0 Å². The summed E-state index contributed by atoms with van der Waals surface area (Å²) in [6.45, 7) is 2.92. The van der Waals surface area contributed by atoms with Crippen molar-refractivity contribution in [2.24, 2.45) is 11.8 Å². The van der Waals surface area contributed by atoms with Gasteiger partial charge < -0.3 is 4.74 Å². The second-order valence-electron chi connectivity index (χ2n) is 9.93. The summed E-state index contributed by atoms with van der Waals surface area (Å²) in [7, 11) is 0. The number of amides is 2. The van der Waals surface area contributed by atoms with Crippen molar-refractivity contribution in [3.63, 3.8) is 0 Å². The van der Waals surface area contributed by atoms with Crippen molar-refractivity contribution in [3.05, 3.63) is 110 Å². The Morgan fingerprint density at radius 3 is 2.05 bits per heavy atom. The van der Waals surface area contributed by atoms with Crippen LogP contribution in [0.1, 0.15) is 46.5 Å². The summed E-state index contributed by atoms with van der Waals surface area (Å²) in [6.07, 6.45) is 1.39. The standard InChI is InChI=1S/C32H25Br2NO6/c1-3-41-30(39)28-24(29(38)20-10-14-23(34)15-11-20)16-21(17-27(37)19-8-12-22(33)13-9-19)32(28)25-6-4-5-7-26(25)35(18(2)36)31(32)40/h4-16,21,28H,3,17H2,1-2H3/t21-,28-,32-/m0/s1. The number of ketones is 2. The molecule has 0 aromatic heterocycles. The molecule has 1 spiro atoms. The largest absolute Gasteiger partial charge is 0.465 e. The van der Waals surface area contributed by atoms with Gasteiger partial charge in [-0.1, -0.05) is 68.3 Å². The lowest BCUT2D eigenvalue weighted by Crippen LogP contribution is -2.52. The molecule has 1 heterocycles. The molecule has 0 saturated heterocycles. The average molecular weight is 679 g/mol. The fraction of sp³-hybridized carbons (Fsp3) is 0.219. The number of carbonyl (C=O) groups is 5. The monoisotopic (exact) mass is 677 g/mol. The SMILES string of the molecule is CCOC(=O)[C@@H]1C(C(=O)c2ccc(Br)cc2)=C[C@@H](CC(=O)c2ccc(Br)cc2)[C@@]12C(=O)N(C(C)=O)c1ccccc12. The van der Waals surface area contributed by atoms with E-state index in [2.05, 4.69) is 31.9 Å². The van der Waals surface area contributed by atoms with Crippen LogP contribution < -0.4 is 4.90 Å². The molecule has 0 N–H and O–H groups in total. The maximum absolute atomic E-state index is 14.5. The lowest BCUT2D eigenvalue weighted by molar-refractivity contribution is -0.152. The predicted octanol–water partition coefficient (Wildman–Crippen LogP) is 6.23. The minimum absolute atomic E-state index is 0.0138. The molecule has 9 heteroatoms. The van der Waals surface area contributed by atoms with Gasteiger partial charge in [0.2, 0.25) is 11.8 Å². The van der Waals surface area contributed by atoms with Crippen molar-refractivity contribution in [2.45, 2.75) is 25.7 Å². The summed E-state index contributed by atoms with van der Waals surface area (Å²) in [4.78, 5) is 69.8. The van der Waals surface area contributed by atoms with Crippen LogP contribution >= 0.6 is 31.9 Å². The lowest BCUT2D eigenvalue weighted by atomic mass is 9.64. The number of nitrogens with zero attached hydrogens (tertiary/aromatic N) is 1. The fourth-order valence-corrected chi connectivity index (χ4v) is 6.50. The number of esters is 1. The minimum atomic E-state index is -1.74. The zero-order valence-electron chi connectivity index (χ0n) is 22.2. The van der Waals surface area contributed by atoms with Crippen molar-refractivity contribution >= 4 is 66.9 Å². The van der Waals surface area contributed by atoms with Crippen LogP contribution in [0.3, 0.4) is 0 Å². The van der Waals surface area contributed by atoms with E-state index in [9.17, 15) is 24.0 Å². The molecule has 0 saturated carbocycles. The smallest absolute Gasteiger partial charge is 0.315 e. The molecule has 41 heavy (non-hydrogen) atoms. The molecule has 0 fully saturated rings. The van der Waals surface area contributed by atoms with Gasteiger partial charge in [-0.05, 0) is 55.0 Å². The van der Waals surface area contributed by atoms with Crippen LogP contribution in [-0.4, -0.2) is 36.0 Å². The molecule has 3 aromatic rings. The fourth-order valence-electron chi connectivity index (χ4n) is 5.97. The van der Waals surface area contributed by atoms with Crippen molar-refractivity contribution in [2.75, 3.05) is 11.5 Å². The molecule has 1 aliphatic carbocycles. The molecular formula is C32H25Br2NO6. The first kappa shape index (κ1) is 28.8. The number of ether oxygens (including phenoxy) is 1. The maximum atomic E-state index is 14.5. The Hall–Kier alpha value is -3.69. The first-order valence-electron chi connectivity index (χ1n) is 13.0. The van der Waals surface area contributed by atoms with Crippen LogP contribution in [0.5, 0.6) is 0 Å². The number of fused-ring (bicyclic) bond motifs is 2. The third-order valence-electron chi connectivity index (χ3n) is 7.66. The summed E-state index contributed by atoms with van der Waals surface area (Å²) in [5.41, 5.74) is -0.217. The van der Waals surface area contributed by atoms with E-state index in [1.165, 1.54) is 6.92 Å². The van der Waals surface area contributed by atoms with E-state index in [1.54, 1.807) is 85.8 Å². The van der Waals surface area contributed by atoms with E-state index < -0.39 is 40.8 Å². The third-order valence-corrected chi connectivity index (χ3v) is 8.71. The zero-order chi connectivity index (χ0) is 29.5. The summed E-state index contributed by atoms with van der Waals surface area (Å²) in [5.74, 6) is -4.99. The van der Waals surface area contributed by atoms with Crippen LogP contribution in [0.15, 0.2) is 93.4 Å². The number of carbonyl (C=O) groups excluding carboxylic acids is 5. The quantitative estimate of drug-likeness (QED) is 0.217. The number of allylic oxidation sites excluding steroid dienone is 1. The highest BCUT2D eigenvalue weighted by atomic mass is 79.9. The number of imide groups is 1. The van der Waals surface area contributed by atoms with E-state index in [-0.39, 0.29) is 24.4 Å². The predicted molar refractivity (Wildman–Crippen MR) is 160 cm³/mol. The lowest BCUT2D eigenvalue weighted by Gasteiger charge is -2.35. The second-order valence-corrected chi connectivity index (χ2v) is 11.8. The number of benzene rings is 3. The summed E-state index contributed by atoms with van der Waals surface area (Å²) >= 11 is 6.74. The average Bonchev–Trinajstić information content (AvgIpc) is 3.42. The second kappa shape index (κ2) is 11.3. The van der Waals surface area contributed by atoms with Gasteiger partial charge in [-0.2, -0.15) is 0 Å². The Morgan fingerprint density at radius 2 is 1.46 bits per heavy atom. The first-order chi connectivity index (χ1) is 19.6. The summed E-state index contributed by atoms with van der Waals surface area (Å²) < 4.78 is 7.04. The highest BCUT2D eigenvalue weighted by Gasteiger charge is 2.67. The minimum Gasteiger partial charge on any atom is -0.465 e. The molecule has 5 rings (SSSR count). The Bertz CT molecular complexity index is 1610. The van der Waals surface area contributed by atoms with Crippen LogP contribution in [0.2, 0.25) is 0 Å². The van der Waals surface area contributed by atoms with Crippen molar-refractivity contribution < 1.29 is 28.7 Å². The molecule has 208 valence electrons. The van der Waals surface area contributed by atoms with E-state index in [4.69, 9.17) is 4.74 Å². The molecule has 7 nitrogen and oxygen atoms in total. The number of hydrogen-bond acceptors (Lipinski definition) is 6. The molecule has 2 amide bonds. The van der Waals surface area contributed by atoms with Gasteiger partial charge in [-0.3, -0.25) is 24.0 Å². The Labute approximate surface area is 253 Å². The van der Waals surface area contributed by atoms with Gasteiger partial charge >= 0.3 is 5.97 Å². The van der Waals surface area contributed by atoms with E-state index in [0.717, 1.165) is 13.8 Å². The van der Waals surface area contributed by atoms with Crippen LogP contribution in [0.4, 0.5) is 5.69 Å². The van der Waals surface area contributed by atoms with E-state index in [1.807, 2.05) is 0 Å². The van der Waals surface area contributed by atoms with Gasteiger partial charge in [0.15, 0.2) is 11.6 Å². The molecule has 1 aliphatic heterocycles. The van der Waals surface area contributed by atoms with Gasteiger partial charge in [-0.25, -0.2) is 4.90 Å². The molecule has 3 atom stereocenters. The third kappa shape index (κ3) is 4.81. The number of halogens is 2. The molecule has 0 bridgehead atoms. The van der Waals surface area contributed by atoms with Crippen molar-refractivity contribution in [1.82, 2.24) is 0 Å². The number of hydrogen-bond donors (Lipinski definition) is 0. The Morgan fingerprint density at radius 1 is 0.878 bits per heavy atom. The number of anilines is 1. The Balaban J connectivity index is 1.74. The van der Waals surface area contributed by atoms with E-state index >= 15 is 0 Å². The molecular weight excluding hydrogens is 654 g/mol. The van der Waals surface area contributed by atoms with Crippen molar-refractivity contribution in [1.29, 1.82) is 0 Å². The van der Waals surface area contributed by atoms with Crippen LogP contribution in [0.25, 0.3) is 0 Å². The molecule has 2 aliphatic rings. The first-order valence-corrected chi connectivity index (χ1v) is 14.6. The Kier molecular flexibility index (Phi) is 7.94. The number of para-hydroxylation sites is 1. The number of Topliss-reactive ketones (excluding diaryl/α,β-unsaturated/α-hetero) is 2. The molecule has 3 aromatic carbocycles. The topological polar surface area (TPSA) is 97.8 Å². The van der Waals surface area contributed by atoms with Crippen molar-refractivity contribution in [3.8, 4) is 0 Å². The maximum Gasteiger partial charge on any atom is 0.315 e. The highest BCUT2D eigenvalue weighted by molar-refractivity contribution is 9.10. The van der Waals surface area contributed by atoms with Crippen LogP contribution in [-0.2, 0) is 24.5 Å². The number of rotatable bonds is 7. The molecule has 0 unspecified atom stereocenters. The summed E-state index contributed by atoms with van der Waals surface area (Å²) in [6, 6.07) is 20.2. The van der Waals surface area contributed by atoms with E-state index in [0.29, 0.717) is 22.4 Å². The zero-order valence-corrected chi connectivity index (χ0v) is 25.4. The summed E-state index contributed by atoms with van der Waals surface area (Å²) in [5, 5.41) is 0. The van der Waals surface area contributed by atoms with Crippen LogP contribution in [0, 0.1) is 11.8 Å². The van der Waals surface area contributed by atoms with Gasteiger partial charge in [0, 0.05) is 44.9 Å².